The molecule has 0 saturated heterocycles. The first-order chi connectivity index (χ1) is 8.15. The lowest BCUT2D eigenvalue weighted by Crippen LogP contribution is -2.20. The zero-order valence-electron chi connectivity index (χ0n) is 9.75. The Morgan fingerprint density at radius 2 is 2.18 bits per heavy atom. The lowest BCUT2D eigenvalue weighted by atomic mass is 9.83. The van der Waals surface area contributed by atoms with Crippen LogP contribution in [0.25, 0.3) is 0 Å². The quantitative estimate of drug-likeness (QED) is 0.828. The maximum atomic E-state index is 10.5. The lowest BCUT2D eigenvalue weighted by Gasteiger charge is -2.27. The molecule has 17 heavy (non-hydrogen) atoms. The second-order valence-corrected chi connectivity index (χ2v) is 4.70. The Morgan fingerprint density at radius 1 is 1.47 bits per heavy atom. The fraction of sp³-hybridized carbons (Fsp3) is 0.727. The van der Waals surface area contributed by atoms with Crippen LogP contribution in [0.5, 0.6) is 0 Å². The van der Waals surface area contributed by atoms with Crippen LogP contribution in [-0.2, 0) is 4.79 Å². The number of carbonyl (C=O) groups is 1. The number of nitrogens with two attached hydrogens (primary N) is 1. The molecule has 0 aromatic carbocycles. The molecule has 3 N–H and O–H groups in total. The summed E-state index contributed by atoms with van der Waals surface area (Å²) in [5.74, 6) is 0.293. The summed E-state index contributed by atoms with van der Waals surface area (Å²) in [6.07, 6.45) is 6.77. The zero-order valence-corrected chi connectivity index (χ0v) is 9.75. The van der Waals surface area contributed by atoms with Crippen molar-refractivity contribution in [2.75, 3.05) is 5.73 Å². The molecule has 1 aromatic heterocycles. The summed E-state index contributed by atoms with van der Waals surface area (Å²) in [6, 6.07) is 0.327. The van der Waals surface area contributed by atoms with Crippen LogP contribution >= 0.6 is 0 Å². The number of hydrogen-bond donors (Lipinski definition) is 2. The summed E-state index contributed by atoms with van der Waals surface area (Å²) < 4.78 is 0. The first-order valence-corrected chi connectivity index (χ1v) is 6.04. The van der Waals surface area contributed by atoms with Crippen molar-refractivity contribution in [3.63, 3.8) is 0 Å². The highest BCUT2D eigenvalue weighted by atomic mass is 16.4. The molecule has 1 saturated carbocycles. The summed E-state index contributed by atoms with van der Waals surface area (Å²) in [6.45, 7) is 0. The molecule has 0 aliphatic heterocycles. The number of anilines is 1. The van der Waals surface area contributed by atoms with Crippen molar-refractivity contribution in [3.8, 4) is 0 Å². The van der Waals surface area contributed by atoms with E-state index < -0.39 is 5.97 Å². The van der Waals surface area contributed by atoms with E-state index in [-0.39, 0.29) is 6.42 Å². The first-order valence-electron chi connectivity index (χ1n) is 6.04. The number of aromatic nitrogens is 3. The van der Waals surface area contributed by atoms with Crippen molar-refractivity contribution in [3.05, 3.63) is 6.20 Å². The van der Waals surface area contributed by atoms with E-state index >= 15 is 0 Å². The number of hydrogen-bond acceptors (Lipinski definition) is 4. The standard InChI is InChI=1S/C11H18N4O2/c12-10-7-13-15(14-10)9-4-1-8(2-5-9)3-6-11(16)17/h7-9H,1-6H2,(H2,12,14)(H,16,17). The van der Waals surface area contributed by atoms with Gasteiger partial charge in [0.15, 0.2) is 5.82 Å². The van der Waals surface area contributed by atoms with E-state index in [4.69, 9.17) is 10.8 Å². The molecule has 1 fully saturated rings. The zero-order chi connectivity index (χ0) is 12.3. The SMILES string of the molecule is Nc1cnn(C2CCC(CCC(=O)O)CC2)n1. The van der Waals surface area contributed by atoms with Crippen LogP contribution in [0.4, 0.5) is 5.82 Å². The first kappa shape index (κ1) is 11.9. The normalized spacial score (nSPS) is 24.7. The Kier molecular flexibility index (Phi) is 3.61. The maximum absolute atomic E-state index is 10.5. The van der Waals surface area contributed by atoms with Gasteiger partial charge in [-0.2, -0.15) is 9.90 Å². The number of aliphatic carboxylic acids is 1. The molecule has 1 heterocycles. The summed E-state index contributed by atoms with van der Waals surface area (Å²) in [4.78, 5) is 12.2. The third-order valence-corrected chi connectivity index (χ3v) is 3.44. The van der Waals surface area contributed by atoms with Crippen molar-refractivity contribution >= 4 is 11.8 Å². The Balaban J connectivity index is 1.80. The Labute approximate surface area is 99.8 Å². The molecule has 0 radical (unpaired) electrons. The lowest BCUT2D eigenvalue weighted by molar-refractivity contribution is -0.137. The van der Waals surface area contributed by atoms with Gasteiger partial charge >= 0.3 is 5.97 Å². The highest BCUT2D eigenvalue weighted by Gasteiger charge is 2.23. The van der Waals surface area contributed by atoms with Gasteiger partial charge in [-0.15, -0.1) is 5.10 Å². The van der Waals surface area contributed by atoms with Gasteiger partial charge in [0.2, 0.25) is 0 Å². The minimum absolute atomic E-state index is 0.280. The molecule has 1 aliphatic carbocycles. The summed E-state index contributed by atoms with van der Waals surface area (Å²) in [5, 5.41) is 16.9. The number of rotatable bonds is 4. The van der Waals surface area contributed by atoms with E-state index in [0.29, 0.717) is 17.8 Å². The molecule has 6 nitrogen and oxygen atoms in total. The van der Waals surface area contributed by atoms with E-state index in [9.17, 15) is 4.79 Å². The average molecular weight is 238 g/mol. The van der Waals surface area contributed by atoms with Crippen molar-refractivity contribution in [1.82, 2.24) is 15.0 Å². The predicted molar refractivity (Wildman–Crippen MR) is 62.3 cm³/mol. The molecule has 0 spiro atoms. The molecule has 0 atom stereocenters. The number of carboxylic acids is 1. The molecule has 1 aliphatic rings. The topological polar surface area (TPSA) is 94.0 Å². The van der Waals surface area contributed by atoms with E-state index in [1.54, 1.807) is 11.0 Å². The fourth-order valence-electron chi connectivity index (χ4n) is 2.46. The monoisotopic (exact) mass is 238 g/mol. The van der Waals surface area contributed by atoms with Crippen LogP contribution < -0.4 is 5.73 Å². The van der Waals surface area contributed by atoms with Crippen LogP contribution in [0, 0.1) is 5.92 Å². The molecule has 94 valence electrons. The van der Waals surface area contributed by atoms with Crippen LogP contribution in [0.2, 0.25) is 0 Å². The van der Waals surface area contributed by atoms with Crippen LogP contribution in [0.1, 0.15) is 44.6 Å². The largest absolute Gasteiger partial charge is 0.481 e. The van der Waals surface area contributed by atoms with Gasteiger partial charge in [-0.1, -0.05) is 0 Å². The number of carboxylic acid groups (broad SMARTS) is 1. The second-order valence-electron chi connectivity index (χ2n) is 4.70. The number of nitrogen functional groups attached to an aromatic ring is 1. The highest BCUT2D eigenvalue weighted by Crippen LogP contribution is 2.33. The van der Waals surface area contributed by atoms with Crippen LogP contribution in [0.3, 0.4) is 0 Å². The summed E-state index contributed by atoms with van der Waals surface area (Å²) in [7, 11) is 0. The summed E-state index contributed by atoms with van der Waals surface area (Å²) in [5.41, 5.74) is 5.53. The summed E-state index contributed by atoms with van der Waals surface area (Å²) >= 11 is 0. The molecule has 6 heteroatoms. The van der Waals surface area contributed by atoms with E-state index in [1.807, 2.05) is 0 Å². The predicted octanol–water partition coefficient (Wildman–Crippen LogP) is 1.46. The van der Waals surface area contributed by atoms with Crippen LogP contribution in [0.15, 0.2) is 6.20 Å². The van der Waals surface area contributed by atoms with Crippen molar-refractivity contribution in [2.45, 2.75) is 44.6 Å². The molecule has 0 unspecified atom stereocenters. The van der Waals surface area contributed by atoms with E-state index in [2.05, 4.69) is 10.2 Å². The van der Waals surface area contributed by atoms with Crippen molar-refractivity contribution in [1.29, 1.82) is 0 Å². The van der Waals surface area contributed by atoms with Crippen molar-refractivity contribution < 1.29 is 9.90 Å². The van der Waals surface area contributed by atoms with E-state index in [0.717, 1.165) is 32.1 Å². The van der Waals surface area contributed by atoms with Gasteiger partial charge in [-0.05, 0) is 38.0 Å². The minimum atomic E-state index is -0.700. The van der Waals surface area contributed by atoms with E-state index in [1.165, 1.54) is 0 Å². The third-order valence-electron chi connectivity index (χ3n) is 3.44. The fourth-order valence-corrected chi connectivity index (χ4v) is 2.46. The molecule has 0 amide bonds. The molecule has 0 bridgehead atoms. The number of nitrogens with zero attached hydrogens (tertiary/aromatic N) is 3. The average Bonchev–Trinajstić information content (AvgIpc) is 2.74. The maximum Gasteiger partial charge on any atom is 0.303 e. The molecular weight excluding hydrogens is 220 g/mol. The Hall–Kier alpha value is -1.59. The molecular formula is C11H18N4O2. The van der Waals surface area contributed by atoms with Gasteiger partial charge < -0.3 is 10.8 Å². The molecule has 1 aromatic rings. The van der Waals surface area contributed by atoms with Gasteiger partial charge in [0, 0.05) is 6.42 Å². The Morgan fingerprint density at radius 3 is 2.71 bits per heavy atom. The smallest absolute Gasteiger partial charge is 0.303 e. The third kappa shape index (κ3) is 3.18. The van der Waals surface area contributed by atoms with Gasteiger partial charge in [0.25, 0.3) is 0 Å². The molecule has 2 rings (SSSR count). The second kappa shape index (κ2) is 5.16. The van der Waals surface area contributed by atoms with Crippen LogP contribution in [-0.4, -0.2) is 26.1 Å². The Bertz CT molecular complexity index is 383. The van der Waals surface area contributed by atoms with Gasteiger partial charge in [-0.25, -0.2) is 0 Å². The van der Waals surface area contributed by atoms with Gasteiger partial charge in [-0.3, -0.25) is 4.79 Å². The van der Waals surface area contributed by atoms with Gasteiger partial charge in [0.05, 0.1) is 12.2 Å². The highest BCUT2D eigenvalue weighted by molar-refractivity contribution is 5.66. The van der Waals surface area contributed by atoms with Gasteiger partial charge in [0.1, 0.15) is 0 Å². The van der Waals surface area contributed by atoms with Crippen molar-refractivity contribution in [2.24, 2.45) is 5.92 Å². The minimum Gasteiger partial charge on any atom is -0.481 e.